The summed E-state index contributed by atoms with van der Waals surface area (Å²) in [6, 6.07) is 16.0. The van der Waals surface area contributed by atoms with E-state index < -0.39 is 22.0 Å². The van der Waals surface area contributed by atoms with Crippen LogP contribution in [0.5, 0.6) is 5.75 Å². The van der Waals surface area contributed by atoms with Gasteiger partial charge in [-0.1, -0.05) is 42.0 Å². The number of hydrogen-bond donors (Lipinski definition) is 0. The molecule has 0 unspecified atom stereocenters. The largest absolute Gasteiger partial charge is 0.452 e. The lowest BCUT2D eigenvalue weighted by Crippen LogP contribution is -2.17. The van der Waals surface area contributed by atoms with Gasteiger partial charge >= 0.3 is 5.97 Å². The van der Waals surface area contributed by atoms with Gasteiger partial charge < -0.3 is 9.15 Å². The molecule has 160 valence electrons. The molecule has 0 aliphatic heterocycles. The Morgan fingerprint density at radius 3 is 2.31 bits per heavy atom. The van der Waals surface area contributed by atoms with Crippen molar-refractivity contribution in [2.75, 3.05) is 0 Å². The second-order valence-electron chi connectivity index (χ2n) is 7.55. The molecule has 0 radical (unpaired) electrons. The molecule has 4 rings (SSSR count). The molecule has 7 nitrogen and oxygen atoms in total. The molecule has 0 aliphatic carbocycles. The number of para-hydroxylation sites is 1. The fraction of sp³-hybridized carbons (Fsp3) is 0.120. The van der Waals surface area contributed by atoms with Crippen molar-refractivity contribution in [3.05, 3.63) is 103 Å². The van der Waals surface area contributed by atoms with Gasteiger partial charge in [-0.05, 0) is 50.1 Å². The number of nitro benzene ring substituents is 1. The zero-order valence-electron chi connectivity index (χ0n) is 17.7. The molecule has 1 heterocycles. The normalized spacial score (nSPS) is 10.8. The number of benzene rings is 3. The van der Waals surface area contributed by atoms with Crippen LogP contribution in [-0.2, 0) is 0 Å². The van der Waals surface area contributed by atoms with Crippen molar-refractivity contribution >= 4 is 22.6 Å². The van der Waals surface area contributed by atoms with Crippen LogP contribution < -0.4 is 10.2 Å². The number of rotatable bonds is 4. The molecule has 32 heavy (non-hydrogen) atoms. The Labute approximate surface area is 183 Å². The van der Waals surface area contributed by atoms with Crippen LogP contribution in [0.15, 0.2) is 69.9 Å². The first-order chi connectivity index (χ1) is 15.3. The summed E-state index contributed by atoms with van der Waals surface area (Å²) in [5.41, 5.74) is 2.53. The molecule has 0 saturated carbocycles. The number of carbonyl (C=O) groups excluding carboxylic acids is 1. The lowest BCUT2D eigenvalue weighted by molar-refractivity contribution is -0.385. The maximum absolute atomic E-state index is 13.4. The zero-order valence-corrected chi connectivity index (χ0v) is 17.7. The molecule has 1 aromatic heterocycles. The molecule has 0 atom stereocenters. The van der Waals surface area contributed by atoms with E-state index in [-0.39, 0.29) is 22.5 Å². The van der Waals surface area contributed by atoms with Gasteiger partial charge in [0.25, 0.3) is 5.69 Å². The smallest absolute Gasteiger partial charge is 0.350 e. The van der Waals surface area contributed by atoms with Crippen LogP contribution in [0.2, 0.25) is 0 Å². The van der Waals surface area contributed by atoms with Crippen LogP contribution in [-0.4, -0.2) is 10.9 Å². The van der Waals surface area contributed by atoms with Gasteiger partial charge in [0.2, 0.25) is 11.2 Å². The number of ether oxygens (including phenoxy) is 1. The lowest BCUT2D eigenvalue weighted by atomic mass is 10.0. The molecule has 0 spiro atoms. The number of aryl methyl sites for hydroxylation is 3. The highest BCUT2D eigenvalue weighted by atomic mass is 16.6. The van der Waals surface area contributed by atoms with E-state index in [1.54, 1.807) is 24.3 Å². The summed E-state index contributed by atoms with van der Waals surface area (Å²) in [6.45, 7) is 5.69. The van der Waals surface area contributed by atoms with Gasteiger partial charge in [0, 0.05) is 11.6 Å². The number of carbonyl (C=O) groups is 1. The van der Waals surface area contributed by atoms with Gasteiger partial charge in [0.15, 0.2) is 5.76 Å². The summed E-state index contributed by atoms with van der Waals surface area (Å²) in [4.78, 5) is 36.9. The standard InChI is InChI=1S/C25H19NO6/c1-14-8-10-17(11-9-14)23-24(22(27)19-12-15(2)16(3)13-21(19)31-23)32-25(28)18-6-4-5-7-20(18)26(29)30/h4-13H,1-3H3. The van der Waals surface area contributed by atoms with E-state index in [4.69, 9.17) is 9.15 Å². The number of fused-ring (bicyclic) bond motifs is 1. The molecular formula is C25H19NO6. The Balaban J connectivity index is 1.94. The molecule has 0 bridgehead atoms. The van der Waals surface area contributed by atoms with Crippen LogP contribution >= 0.6 is 0 Å². The van der Waals surface area contributed by atoms with Crippen LogP contribution in [0.4, 0.5) is 5.69 Å². The van der Waals surface area contributed by atoms with Gasteiger partial charge in [-0.25, -0.2) is 4.79 Å². The molecule has 0 fully saturated rings. The lowest BCUT2D eigenvalue weighted by Gasteiger charge is -2.12. The van der Waals surface area contributed by atoms with Crippen LogP contribution in [0.25, 0.3) is 22.3 Å². The fourth-order valence-electron chi connectivity index (χ4n) is 3.37. The molecule has 4 aromatic rings. The van der Waals surface area contributed by atoms with Crippen LogP contribution in [0.1, 0.15) is 27.0 Å². The minimum atomic E-state index is -1.01. The highest BCUT2D eigenvalue weighted by molar-refractivity contribution is 5.96. The van der Waals surface area contributed by atoms with Crippen molar-refractivity contribution < 1.29 is 18.9 Å². The molecule has 0 amide bonds. The monoisotopic (exact) mass is 429 g/mol. The van der Waals surface area contributed by atoms with Gasteiger partial charge in [-0.15, -0.1) is 0 Å². The minimum Gasteiger partial charge on any atom is -0.452 e. The van der Waals surface area contributed by atoms with E-state index in [0.29, 0.717) is 11.1 Å². The van der Waals surface area contributed by atoms with Crippen molar-refractivity contribution in [2.45, 2.75) is 20.8 Å². The summed E-state index contributed by atoms with van der Waals surface area (Å²) in [5, 5.41) is 11.6. The van der Waals surface area contributed by atoms with E-state index in [0.717, 1.165) is 16.7 Å². The Bertz CT molecular complexity index is 1430. The summed E-state index contributed by atoms with van der Waals surface area (Å²) in [5.74, 6) is -1.24. The van der Waals surface area contributed by atoms with Crippen LogP contribution in [0.3, 0.4) is 0 Å². The Morgan fingerprint density at radius 2 is 1.62 bits per heavy atom. The Kier molecular flexibility index (Phi) is 5.32. The van der Waals surface area contributed by atoms with Gasteiger partial charge in [0.05, 0.1) is 10.3 Å². The quantitative estimate of drug-likeness (QED) is 0.241. The van der Waals surface area contributed by atoms with Gasteiger partial charge in [0.1, 0.15) is 11.1 Å². The summed E-state index contributed by atoms with van der Waals surface area (Å²) < 4.78 is 11.5. The maximum Gasteiger partial charge on any atom is 0.350 e. The first-order valence-electron chi connectivity index (χ1n) is 9.87. The highest BCUT2D eigenvalue weighted by Crippen LogP contribution is 2.33. The summed E-state index contributed by atoms with van der Waals surface area (Å²) >= 11 is 0. The SMILES string of the molecule is Cc1ccc(-c2oc3cc(C)c(C)cc3c(=O)c2OC(=O)c2ccccc2[N+](=O)[O-])cc1. The van der Waals surface area contributed by atoms with Gasteiger partial charge in [-0.2, -0.15) is 0 Å². The highest BCUT2D eigenvalue weighted by Gasteiger charge is 2.26. The topological polar surface area (TPSA) is 99.7 Å². The number of nitro groups is 1. The van der Waals surface area contributed by atoms with Crippen molar-refractivity contribution in [2.24, 2.45) is 0 Å². The van der Waals surface area contributed by atoms with Crippen molar-refractivity contribution in [3.8, 4) is 17.1 Å². The number of esters is 1. The van der Waals surface area contributed by atoms with Crippen LogP contribution in [0, 0.1) is 30.9 Å². The van der Waals surface area contributed by atoms with Crippen molar-refractivity contribution in [1.82, 2.24) is 0 Å². The van der Waals surface area contributed by atoms with E-state index in [9.17, 15) is 19.7 Å². The predicted octanol–water partition coefficient (Wildman–Crippen LogP) is 5.51. The van der Waals surface area contributed by atoms with E-state index in [1.165, 1.54) is 24.3 Å². The summed E-state index contributed by atoms with van der Waals surface area (Å²) in [6.07, 6.45) is 0. The van der Waals surface area contributed by atoms with Gasteiger partial charge in [-0.3, -0.25) is 14.9 Å². The van der Waals surface area contributed by atoms with E-state index in [1.807, 2.05) is 32.9 Å². The van der Waals surface area contributed by atoms with Crippen molar-refractivity contribution in [3.63, 3.8) is 0 Å². The maximum atomic E-state index is 13.4. The average molecular weight is 429 g/mol. The Morgan fingerprint density at radius 1 is 0.969 bits per heavy atom. The van der Waals surface area contributed by atoms with E-state index >= 15 is 0 Å². The molecular weight excluding hydrogens is 410 g/mol. The number of nitrogens with zero attached hydrogens (tertiary/aromatic N) is 1. The third kappa shape index (κ3) is 3.76. The third-order valence-corrected chi connectivity index (χ3v) is 5.29. The summed E-state index contributed by atoms with van der Waals surface area (Å²) in [7, 11) is 0. The molecule has 7 heteroatoms. The van der Waals surface area contributed by atoms with E-state index in [2.05, 4.69) is 0 Å². The molecule has 0 saturated heterocycles. The van der Waals surface area contributed by atoms with Crippen molar-refractivity contribution in [1.29, 1.82) is 0 Å². The third-order valence-electron chi connectivity index (χ3n) is 5.29. The second kappa shape index (κ2) is 8.11. The molecule has 0 N–H and O–H groups in total. The first-order valence-corrected chi connectivity index (χ1v) is 9.87. The second-order valence-corrected chi connectivity index (χ2v) is 7.55. The number of hydrogen-bond acceptors (Lipinski definition) is 6. The fourth-order valence-corrected chi connectivity index (χ4v) is 3.37. The molecule has 0 aliphatic rings. The first kappa shape index (κ1) is 21.0. The minimum absolute atomic E-state index is 0.0812. The average Bonchev–Trinajstić information content (AvgIpc) is 2.77. The Hall–Kier alpha value is -4.26. The predicted molar refractivity (Wildman–Crippen MR) is 120 cm³/mol. The zero-order chi connectivity index (χ0) is 23.0. The molecule has 3 aromatic carbocycles.